The van der Waals surface area contributed by atoms with E-state index in [1.54, 1.807) is 24.3 Å². The quantitative estimate of drug-likeness (QED) is 0.335. The molecule has 0 radical (unpaired) electrons. The summed E-state index contributed by atoms with van der Waals surface area (Å²) in [6, 6.07) is 20.2. The largest absolute Gasteiger partial charge is 0.484 e. The average molecular weight is 430 g/mol. The molecule has 0 aliphatic heterocycles. The summed E-state index contributed by atoms with van der Waals surface area (Å²) in [4.78, 5) is 22.3. The van der Waals surface area contributed by atoms with E-state index in [2.05, 4.69) is 15.5 Å². The minimum absolute atomic E-state index is 0.0471. The lowest BCUT2D eigenvalue weighted by Crippen LogP contribution is -2.20. The molecule has 0 unspecified atom stereocenters. The Balaban J connectivity index is 1.35. The molecule has 0 bridgehead atoms. The van der Waals surface area contributed by atoms with E-state index in [4.69, 9.17) is 9.15 Å². The van der Waals surface area contributed by atoms with Gasteiger partial charge < -0.3 is 14.5 Å². The van der Waals surface area contributed by atoms with Gasteiger partial charge in [-0.1, -0.05) is 18.2 Å². The highest BCUT2D eigenvalue weighted by Gasteiger charge is 2.12. The number of non-ortho nitro benzene ring substituents is 1. The van der Waals surface area contributed by atoms with Crippen molar-refractivity contribution in [2.45, 2.75) is 6.92 Å². The van der Waals surface area contributed by atoms with Gasteiger partial charge in [-0.3, -0.25) is 14.9 Å². The lowest BCUT2D eigenvalue weighted by atomic mass is 10.1. The molecule has 4 aromatic rings. The number of nitrogens with one attached hydrogen (secondary N) is 1. The number of hydrogen-bond acceptors (Lipinski definition) is 7. The monoisotopic (exact) mass is 430 g/mol. The van der Waals surface area contributed by atoms with E-state index in [1.165, 1.54) is 24.3 Å². The zero-order valence-corrected chi connectivity index (χ0v) is 17.0. The van der Waals surface area contributed by atoms with E-state index in [1.807, 2.05) is 31.2 Å². The first-order chi connectivity index (χ1) is 15.5. The normalized spacial score (nSPS) is 10.5. The van der Waals surface area contributed by atoms with Gasteiger partial charge >= 0.3 is 0 Å². The van der Waals surface area contributed by atoms with Crippen LogP contribution >= 0.6 is 0 Å². The first-order valence-electron chi connectivity index (χ1n) is 9.66. The van der Waals surface area contributed by atoms with Gasteiger partial charge in [-0.15, -0.1) is 10.2 Å². The smallest absolute Gasteiger partial charge is 0.269 e. The highest BCUT2D eigenvalue weighted by atomic mass is 16.6. The number of aryl methyl sites for hydroxylation is 1. The number of amides is 1. The van der Waals surface area contributed by atoms with E-state index >= 15 is 0 Å². The van der Waals surface area contributed by atoms with Crippen molar-refractivity contribution >= 4 is 17.3 Å². The molecule has 0 spiro atoms. The summed E-state index contributed by atoms with van der Waals surface area (Å²) < 4.78 is 11.2. The fraction of sp³-hybridized carbons (Fsp3) is 0.0870. The molecule has 1 heterocycles. The van der Waals surface area contributed by atoms with Crippen molar-refractivity contribution in [2.24, 2.45) is 0 Å². The zero-order chi connectivity index (χ0) is 22.5. The third kappa shape index (κ3) is 4.78. The molecule has 1 aromatic heterocycles. The molecule has 0 aliphatic rings. The van der Waals surface area contributed by atoms with Gasteiger partial charge in [0.1, 0.15) is 5.75 Å². The van der Waals surface area contributed by atoms with Crippen molar-refractivity contribution in [1.29, 1.82) is 0 Å². The highest BCUT2D eigenvalue weighted by Crippen LogP contribution is 2.26. The van der Waals surface area contributed by atoms with Crippen molar-refractivity contribution in [3.63, 3.8) is 0 Å². The van der Waals surface area contributed by atoms with E-state index < -0.39 is 4.92 Å². The van der Waals surface area contributed by atoms with Gasteiger partial charge in [-0.05, 0) is 55.0 Å². The second-order valence-corrected chi connectivity index (χ2v) is 6.89. The molecule has 0 saturated carbocycles. The maximum absolute atomic E-state index is 12.1. The maximum atomic E-state index is 12.1. The Hall–Kier alpha value is -4.53. The van der Waals surface area contributed by atoms with E-state index in [0.29, 0.717) is 23.2 Å². The minimum atomic E-state index is -0.502. The van der Waals surface area contributed by atoms with Crippen molar-refractivity contribution in [1.82, 2.24) is 10.2 Å². The molecule has 0 aliphatic carbocycles. The Bertz CT molecular complexity index is 1250. The summed E-state index contributed by atoms with van der Waals surface area (Å²) >= 11 is 0. The van der Waals surface area contributed by atoms with Crippen LogP contribution in [0.2, 0.25) is 0 Å². The number of hydrogen-bond donors (Lipinski definition) is 1. The molecule has 32 heavy (non-hydrogen) atoms. The summed E-state index contributed by atoms with van der Waals surface area (Å²) in [5, 5.41) is 21.6. The molecule has 160 valence electrons. The molecular formula is C23H18N4O5. The molecule has 3 aromatic carbocycles. The predicted molar refractivity (Wildman–Crippen MR) is 117 cm³/mol. The summed E-state index contributed by atoms with van der Waals surface area (Å²) in [6.45, 7) is 1.74. The van der Waals surface area contributed by atoms with Gasteiger partial charge in [0.15, 0.2) is 6.61 Å². The summed E-state index contributed by atoms with van der Waals surface area (Å²) in [5.41, 5.74) is 3.16. The highest BCUT2D eigenvalue weighted by molar-refractivity contribution is 5.92. The van der Waals surface area contributed by atoms with Crippen molar-refractivity contribution in [3.05, 3.63) is 88.5 Å². The second kappa shape index (κ2) is 9.09. The van der Waals surface area contributed by atoms with Gasteiger partial charge in [-0.25, -0.2) is 0 Å². The third-order valence-electron chi connectivity index (χ3n) is 4.63. The fourth-order valence-electron chi connectivity index (χ4n) is 2.97. The first kappa shape index (κ1) is 20.7. The van der Waals surface area contributed by atoms with Gasteiger partial charge in [0, 0.05) is 28.9 Å². The summed E-state index contributed by atoms with van der Waals surface area (Å²) in [5.74, 6) is 0.819. The molecule has 0 atom stereocenters. The number of carbonyl (C=O) groups excluding carboxylic acids is 1. The van der Waals surface area contributed by atoms with Crippen LogP contribution in [0.25, 0.3) is 22.9 Å². The van der Waals surface area contributed by atoms with Crippen LogP contribution in [0.15, 0.2) is 77.2 Å². The van der Waals surface area contributed by atoms with E-state index in [9.17, 15) is 14.9 Å². The standard InChI is InChI=1S/C23H18N4O5/c1-15-4-2-3-5-20(15)23-26-25-22(32-23)16-6-8-17(9-7-16)24-21(28)14-31-19-12-10-18(11-13-19)27(29)30/h2-13H,14H2,1H3,(H,24,28). The van der Waals surface area contributed by atoms with Gasteiger partial charge in [0.05, 0.1) is 4.92 Å². The van der Waals surface area contributed by atoms with Gasteiger partial charge in [-0.2, -0.15) is 0 Å². The topological polar surface area (TPSA) is 120 Å². The molecule has 0 fully saturated rings. The number of carbonyl (C=O) groups is 1. The van der Waals surface area contributed by atoms with Gasteiger partial charge in [0.25, 0.3) is 11.6 Å². The Morgan fingerprint density at radius 2 is 1.69 bits per heavy atom. The Kier molecular flexibility index (Phi) is 5.89. The molecular weight excluding hydrogens is 412 g/mol. The van der Waals surface area contributed by atoms with Crippen LogP contribution in [0.5, 0.6) is 5.75 Å². The second-order valence-electron chi connectivity index (χ2n) is 6.89. The number of nitro groups is 1. The van der Waals surface area contributed by atoms with Crippen LogP contribution in [0.4, 0.5) is 11.4 Å². The lowest BCUT2D eigenvalue weighted by molar-refractivity contribution is -0.384. The molecule has 4 rings (SSSR count). The maximum Gasteiger partial charge on any atom is 0.269 e. The van der Waals surface area contributed by atoms with Crippen molar-refractivity contribution in [2.75, 3.05) is 11.9 Å². The molecule has 9 heteroatoms. The SMILES string of the molecule is Cc1ccccc1-c1nnc(-c2ccc(NC(=O)COc3ccc([N+](=O)[O-])cc3)cc2)o1. The van der Waals surface area contributed by atoms with Crippen LogP contribution in [0, 0.1) is 17.0 Å². The number of nitrogens with zero attached hydrogens (tertiary/aromatic N) is 3. The van der Waals surface area contributed by atoms with Crippen molar-refractivity contribution in [3.8, 4) is 28.7 Å². The van der Waals surface area contributed by atoms with Crippen molar-refractivity contribution < 1.29 is 18.9 Å². The summed E-state index contributed by atoms with van der Waals surface area (Å²) in [6.07, 6.45) is 0. The Labute approximate surface area is 182 Å². The van der Waals surface area contributed by atoms with Crippen LogP contribution in [-0.4, -0.2) is 27.6 Å². The predicted octanol–water partition coefficient (Wildman–Crippen LogP) is 4.64. The van der Waals surface area contributed by atoms with Crippen LogP contribution in [0.3, 0.4) is 0 Å². The van der Waals surface area contributed by atoms with E-state index in [-0.39, 0.29) is 18.2 Å². The minimum Gasteiger partial charge on any atom is -0.484 e. The lowest BCUT2D eigenvalue weighted by Gasteiger charge is -2.07. The van der Waals surface area contributed by atoms with Crippen LogP contribution in [-0.2, 0) is 4.79 Å². The fourth-order valence-corrected chi connectivity index (χ4v) is 2.97. The third-order valence-corrected chi connectivity index (χ3v) is 4.63. The first-order valence-corrected chi connectivity index (χ1v) is 9.66. The molecule has 1 N–H and O–H groups in total. The Morgan fingerprint density at radius 1 is 1.00 bits per heavy atom. The van der Waals surface area contributed by atoms with Crippen LogP contribution in [0.1, 0.15) is 5.56 Å². The number of anilines is 1. The molecule has 9 nitrogen and oxygen atoms in total. The van der Waals surface area contributed by atoms with Gasteiger partial charge in [0.2, 0.25) is 11.8 Å². The number of ether oxygens (including phenoxy) is 1. The molecule has 1 amide bonds. The Morgan fingerprint density at radius 3 is 2.38 bits per heavy atom. The van der Waals surface area contributed by atoms with Crippen LogP contribution < -0.4 is 10.1 Å². The number of rotatable bonds is 7. The number of nitro benzene ring substituents is 1. The zero-order valence-electron chi connectivity index (χ0n) is 17.0. The summed E-state index contributed by atoms with van der Waals surface area (Å²) in [7, 11) is 0. The average Bonchev–Trinajstić information content (AvgIpc) is 3.29. The number of aromatic nitrogens is 2. The number of benzene rings is 3. The molecule has 0 saturated heterocycles. The van der Waals surface area contributed by atoms with E-state index in [0.717, 1.165) is 16.7 Å².